The van der Waals surface area contributed by atoms with Crippen molar-refractivity contribution in [3.05, 3.63) is 46.9 Å². The number of aryl methyl sites for hydroxylation is 1. The monoisotopic (exact) mass is 248 g/mol. The summed E-state index contributed by atoms with van der Waals surface area (Å²) in [6, 6.07) is 7.36. The van der Waals surface area contributed by atoms with Crippen molar-refractivity contribution in [1.29, 1.82) is 0 Å². The second-order valence-corrected chi connectivity index (χ2v) is 4.12. The number of pyridine rings is 2. The van der Waals surface area contributed by atoms with Crippen LogP contribution in [0.5, 0.6) is 0 Å². The maximum absolute atomic E-state index is 5.80. The Hall–Kier alpha value is -1.81. The highest BCUT2D eigenvalue weighted by molar-refractivity contribution is 6.29. The van der Waals surface area contributed by atoms with Gasteiger partial charge in [0.25, 0.3) is 0 Å². The van der Waals surface area contributed by atoms with Gasteiger partial charge in [-0.15, -0.1) is 0 Å². The molecular formula is C12H13ClN4. The number of nitrogens with zero attached hydrogens (tertiary/aromatic N) is 2. The average molecular weight is 249 g/mol. The number of nitrogen functional groups attached to an aromatic ring is 1. The van der Waals surface area contributed by atoms with Gasteiger partial charge in [-0.1, -0.05) is 17.7 Å². The molecule has 3 N–H and O–H groups in total. The molecule has 0 unspecified atom stereocenters. The number of hydrogen-bond acceptors (Lipinski definition) is 4. The number of rotatable bonds is 3. The first-order chi connectivity index (χ1) is 8.15. The van der Waals surface area contributed by atoms with Gasteiger partial charge in [0.05, 0.1) is 5.69 Å². The first kappa shape index (κ1) is 11.7. The standard InChI is InChI=1S/C12H13ClN4/c1-8-2-3-9(6-15-8)7-16-12-10(14)4-5-11(13)17-12/h2-6H,7,14H2,1H3,(H,16,17). The number of halogens is 1. The second-order valence-electron chi connectivity index (χ2n) is 3.73. The summed E-state index contributed by atoms with van der Waals surface area (Å²) in [6.45, 7) is 2.57. The maximum Gasteiger partial charge on any atom is 0.151 e. The van der Waals surface area contributed by atoms with E-state index in [1.165, 1.54) is 0 Å². The molecule has 0 amide bonds. The normalized spacial score (nSPS) is 10.2. The topological polar surface area (TPSA) is 63.8 Å². The van der Waals surface area contributed by atoms with Crippen molar-refractivity contribution in [2.75, 3.05) is 11.1 Å². The molecule has 17 heavy (non-hydrogen) atoms. The van der Waals surface area contributed by atoms with E-state index in [-0.39, 0.29) is 0 Å². The predicted octanol–water partition coefficient (Wildman–Crippen LogP) is 2.63. The maximum atomic E-state index is 5.80. The molecule has 0 aliphatic rings. The molecule has 5 heteroatoms. The highest BCUT2D eigenvalue weighted by Crippen LogP contribution is 2.18. The van der Waals surface area contributed by atoms with Crippen LogP contribution in [0.3, 0.4) is 0 Å². The Morgan fingerprint density at radius 3 is 2.82 bits per heavy atom. The summed E-state index contributed by atoms with van der Waals surface area (Å²) in [7, 11) is 0. The summed E-state index contributed by atoms with van der Waals surface area (Å²) in [4.78, 5) is 8.33. The van der Waals surface area contributed by atoms with Gasteiger partial charge in [0.15, 0.2) is 5.82 Å². The summed E-state index contributed by atoms with van der Waals surface area (Å²) in [5.41, 5.74) is 8.42. The Labute approximate surface area is 105 Å². The van der Waals surface area contributed by atoms with E-state index < -0.39 is 0 Å². The predicted molar refractivity (Wildman–Crippen MR) is 70.0 cm³/mol. The van der Waals surface area contributed by atoms with E-state index in [9.17, 15) is 0 Å². The zero-order valence-electron chi connectivity index (χ0n) is 9.44. The Kier molecular flexibility index (Phi) is 3.44. The van der Waals surface area contributed by atoms with E-state index in [4.69, 9.17) is 17.3 Å². The molecule has 0 fully saturated rings. The third-order valence-electron chi connectivity index (χ3n) is 2.33. The van der Waals surface area contributed by atoms with E-state index in [0.29, 0.717) is 23.2 Å². The van der Waals surface area contributed by atoms with E-state index in [1.807, 2.05) is 25.3 Å². The molecule has 0 bridgehead atoms. The van der Waals surface area contributed by atoms with Gasteiger partial charge in [0, 0.05) is 18.4 Å². The molecule has 0 aromatic carbocycles. The first-order valence-corrected chi connectivity index (χ1v) is 5.60. The summed E-state index contributed by atoms with van der Waals surface area (Å²) in [5, 5.41) is 3.55. The molecule has 0 atom stereocenters. The van der Waals surface area contributed by atoms with Gasteiger partial charge in [0.1, 0.15) is 5.15 Å². The third kappa shape index (κ3) is 3.07. The summed E-state index contributed by atoms with van der Waals surface area (Å²) >= 11 is 5.80. The Balaban J connectivity index is 2.07. The Morgan fingerprint density at radius 1 is 1.29 bits per heavy atom. The van der Waals surface area contributed by atoms with Crippen LogP contribution in [0.2, 0.25) is 5.15 Å². The van der Waals surface area contributed by atoms with Crippen LogP contribution in [-0.2, 0) is 6.54 Å². The van der Waals surface area contributed by atoms with Crippen LogP contribution in [0.15, 0.2) is 30.5 Å². The minimum atomic E-state index is 0.420. The van der Waals surface area contributed by atoms with E-state index in [2.05, 4.69) is 15.3 Å². The average Bonchev–Trinajstić information content (AvgIpc) is 2.32. The molecule has 2 rings (SSSR count). The summed E-state index contributed by atoms with van der Waals surface area (Å²) < 4.78 is 0. The zero-order valence-corrected chi connectivity index (χ0v) is 10.2. The molecule has 0 radical (unpaired) electrons. The van der Waals surface area contributed by atoms with Crippen LogP contribution in [0.4, 0.5) is 11.5 Å². The number of hydrogen-bond donors (Lipinski definition) is 2. The van der Waals surface area contributed by atoms with Crippen molar-refractivity contribution < 1.29 is 0 Å². The molecular weight excluding hydrogens is 236 g/mol. The fourth-order valence-corrected chi connectivity index (χ4v) is 1.52. The van der Waals surface area contributed by atoms with Crippen LogP contribution in [0, 0.1) is 6.92 Å². The van der Waals surface area contributed by atoms with E-state index in [1.54, 1.807) is 12.1 Å². The van der Waals surface area contributed by atoms with Gasteiger partial charge < -0.3 is 11.1 Å². The molecule has 0 saturated heterocycles. The van der Waals surface area contributed by atoms with Crippen molar-refractivity contribution in [3.63, 3.8) is 0 Å². The van der Waals surface area contributed by atoms with Crippen LogP contribution in [-0.4, -0.2) is 9.97 Å². The lowest BCUT2D eigenvalue weighted by atomic mass is 10.2. The highest BCUT2D eigenvalue weighted by atomic mass is 35.5. The molecule has 88 valence electrons. The third-order valence-corrected chi connectivity index (χ3v) is 2.54. The van der Waals surface area contributed by atoms with Gasteiger partial charge in [-0.3, -0.25) is 4.98 Å². The van der Waals surface area contributed by atoms with E-state index >= 15 is 0 Å². The van der Waals surface area contributed by atoms with Crippen LogP contribution >= 0.6 is 11.6 Å². The van der Waals surface area contributed by atoms with Crippen LogP contribution < -0.4 is 11.1 Å². The molecule has 2 heterocycles. The Morgan fingerprint density at radius 2 is 2.12 bits per heavy atom. The number of aromatic nitrogens is 2. The molecule has 4 nitrogen and oxygen atoms in total. The highest BCUT2D eigenvalue weighted by Gasteiger charge is 2.01. The molecule has 0 aliphatic carbocycles. The van der Waals surface area contributed by atoms with Crippen LogP contribution in [0.1, 0.15) is 11.3 Å². The number of nitrogens with one attached hydrogen (secondary N) is 1. The lowest BCUT2D eigenvalue weighted by Crippen LogP contribution is -2.05. The summed E-state index contributed by atoms with van der Waals surface area (Å²) in [6.07, 6.45) is 1.82. The summed E-state index contributed by atoms with van der Waals surface area (Å²) in [5.74, 6) is 0.595. The Bertz CT molecular complexity index is 510. The molecule has 0 saturated carbocycles. The SMILES string of the molecule is Cc1ccc(CNc2nc(Cl)ccc2N)cn1. The lowest BCUT2D eigenvalue weighted by molar-refractivity contribution is 1.07. The fourth-order valence-electron chi connectivity index (χ4n) is 1.38. The smallest absolute Gasteiger partial charge is 0.151 e. The first-order valence-electron chi connectivity index (χ1n) is 5.22. The fraction of sp³-hybridized carbons (Fsp3) is 0.167. The number of nitrogens with two attached hydrogens (primary N) is 1. The lowest BCUT2D eigenvalue weighted by Gasteiger charge is -2.08. The van der Waals surface area contributed by atoms with Crippen LogP contribution in [0.25, 0.3) is 0 Å². The minimum absolute atomic E-state index is 0.420. The van der Waals surface area contributed by atoms with Gasteiger partial charge >= 0.3 is 0 Å². The largest absolute Gasteiger partial charge is 0.396 e. The molecule has 2 aromatic rings. The second kappa shape index (κ2) is 5.01. The van der Waals surface area contributed by atoms with Gasteiger partial charge in [-0.05, 0) is 30.7 Å². The number of anilines is 2. The molecule has 0 aliphatic heterocycles. The van der Waals surface area contributed by atoms with Gasteiger partial charge in [-0.2, -0.15) is 0 Å². The van der Waals surface area contributed by atoms with Crippen molar-refractivity contribution in [2.24, 2.45) is 0 Å². The minimum Gasteiger partial charge on any atom is -0.396 e. The van der Waals surface area contributed by atoms with Crippen molar-refractivity contribution in [3.8, 4) is 0 Å². The zero-order chi connectivity index (χ0) is 12.3. The molecule has 0 spiro atoms. The molecule has 2 aromatic heterocycles. The van der Waals surface area contributed by atoms with Gasteiger partial charge in [-0.25, -0.2) is 4.98 Å². The van der Waals surface area contributed by atoms with Crippen molar-refractivity contribution in [2.45, 2.75) is 13.5 Å². The van der Waals surface area contributed by atoms with Crippen molar-refractivity contribution >= 4 is 23.1 Å². The quantitative estimate of drug-likeness (QED) is 0.820. The van der Waals surface area contributed by atoms with E-state index in [0.717, 1.165) is 11.3 Å². The van der Waals surface area contributed by atoms with Gasteiger partial charge in [0.2, 0.25) is 0 Å². The van der Waals surface area contributed by atoms with Crippen molar-refractivity contribution in [1.82, 2.24) is 9.97 Å².